The standard InChI is InChI=1S/C22H17NO5S/c1-15-3-10-19(11-4-15)29(25,26)20(14-23)13-18-9-12-21(28-18)16-5-7-17(8-6-16)22(24)27-2/h3-13H,1-2H3/b20-13-. The maximum atomic E-state index is 12.7. The predicted molar refractivity (Wildman–Crippen MR) is 107 cm³/mol. The summed E-state index contributed by atoms with van der Waals surface area (Å²) in [6.07, 6.45) is 1.20. The minimum Gasteiger partial charge on any atom is -0.465 e. The van der Waals surface area contributed by atoms with Crippen LogP contribution in [0, 0.1) is 18.3 Å². The molecule has 146 valence electrons. The van der Waals surface area contributed by atoms with Crippen molar-refractivity contribution < 1.29 is 22.4 Å². The summed E-state index contributed by atoms with van der Waals surface area (Å²) in [5, 5.41) is 9.39. The Labute approximate surface area is 168 Å². The van der Waals surface area contributed by atoms with Crippen LogP contribution in [0.2, 0.25) is 0 Å². The van der Waals surface area contributed by atoms with Crippen LogP contribution < -0.4 is 0 Å². The quantitative estimate of drug-likeness (QED) is 0.460. The van der Waals surface area contributed by atoms with E-state index >= 15 is 0 Å². The second-order valence-corrected chi connectivity index (χ2v) is 8.13. The number of methoxy groups -OCH3 is 1. The number of hydrogen-bond donors (Lipinski definition) is 0. The van der Waals surface area contributed by atoms with Crippen LogP contribution in [-0.4, -0.2) is 21.5 Å². The number of rotatable bonds is 5. The molecule has 6 nitrogen and oxygen atoms in total. The summed E-state index contributed by atoms with van der Waals surface area (Å²) in [4.78, 5) is 11.1. The fourth-order valence-electron chi connectivity index (χ4n) is 2.62. The molecule has 0 unspecified atom stereocenters. The molecule has 0 atom stereocenters. The highest BCUT2D eigenvalue weighted by Crippen LogP contribution is 2.26. The lowest BCUT2D eigenvalue weighted by molar-refractivity contribution is 0.0600. The molecular formula is C22H17NO5S. The van der Waals surface area contributed by atoms with E-state index in [-0.39, 0.29) is 10.7 Å². The minimum atomic E-state index is -3.95. The molecule has 0 N–H and O–H groups in total. The van der Waals surface area contributed by atoms with Crippen molar-refractivity contribution in [2.24, 2.45) is 0 Å². The number of ether oxygens (including phenoxy) is 1. The highest BCUT2D eigenvalue weighted by Gasteiger charge is 2.21. The first-order valence-electron chi connectivity index (χ1n) is 8.57. The number of aryl methyl sites for hydroxylation is 1. The molecule has 29 heavy (non-hydrogen) atoms. The maximum absolute atomic E-state index is 12.7. The first-order chi connectivity index (χ1) is 13.8. The van der Waals surface area contributed by atoms with Gasteiger partial charge in [-0.1, -0.05) is 29.8 Å². The van der Waals surface area contributed by atoms with Crippen LogP contribution >= 0.6 is 0 Å². The lowest BCUT2D eigenvalue weighted by atomic mass is 10.1. The van der Waals surface area contributed by atoms with E-state index in [0.717, 1.165) is 5.56 Å². The van der Waals surface area contributed by atoms with Crippen molar-refractivity contribution >= 4 is 21.9 Å². The van der Waals surface area contributed by atoms with Gasteiger partial charge in [0, 0.05) is 11.6 Å². The van der Waals surface area contributed by atoms with Gasteiger partial charge in [0.05, 0.1) is 17.6 Å². The number of carbonyl (C=O) groups excluding carboxylic acids is 1. The summed E-state index contributed by atoms with van der Waals surface area (Å²) in [5.74, 6) is 0.251. The molecule has 3 aromatic rings. The molecule has 0 aliphatic rings. The molecule has 0 aliphatic heterocycles. The number of carbonyl (C=O) groups is 1. The SMILES string of the molecule is COC(=O)c1ccc(-c2ccc(/C=C(/C#N)S(=O)(=O)c3ccc(C)cc3)o2)cc1. The van der Waals surface area contributed by atoms with Crippen molar-refractivity contribution in [2.75, 3.05) is 7.11 Å². The maximum Gasteiger partial charge on any atom is 0.337 e. The Balaban J connectivity index is 1.91. The van der Waals surface area contributed by atoms with Gasteiger partial charge in [-0.2, -0.15) is 5.26 Å². The van der Waals surface area contributed by atoms with Gasteiger partial charge >= 0.3 is 5.97 Å². The molecule has 0 amide bonds. The smallest absolute Gasteiger partial charge is 0.337 e. The van der Waals surface area contributed by atoms with E-state index in [1.165, 1.54) is 25.3 Å². The minimum absolute atomic E-state index is 0.0427. The van der Waals surface area contributed by atoms with Crippen molar-refractivity contribution in [1.82, 2.24) is 0 Å². The largest absolute Gasteiger partial charge is 0.465 e. The highest BCUT2D eigenvalue weighted by atomic mass is 32.2. The first kappa shape index (κ1) is 20.1. The highest BCUT2D eigenvalue weighted by molar-refractivity contribution is 7.95. The van der Waals surface area contributed by atoms with Gasteiger partial charge in [-0.15, -0.1) is 0 Å². The second kappa shape index (κ2) is 8.17. The summed E-state index contributed by atoms with van der Waals surface area (Å²) in [5.41, 5.74) is 2.01. The normalized spacial score (nSPS) is 11.7. The van der Waals surface area contributed by atoms with Gasteiger partial charge in [0.1, 0.15) is 17.6 Å². The van der Waals surface area contributed by atoms with E-state index in [0.29, 0.717) is 16.9 Å². The molecule has 1 aromatic heterocycles. The summed E-state index contributed by atoms with van der Waals surface area (Å²) in [6, 6.07) is 17.8. The van der Waals surface area contributed by atoms with E-state index in [2.05, 4.69) is 4.74 Å². The molecule has 0 fully saturated rings. The van der Waals surface area contributed by atoms with Gasteiger partial charge < -0.3 is 9.15 Å². The summed E-state index contributed by atoms with van der Waals surface area (Å²) in [6.45, 7) is 1.85. The van der Waals surface area contributed by atoms with E-state index in [1.54, 1.807) is 54.6 Å². The second-order valence-electron chi connectivity index (χ2n) is 6.21. The average molecular weight is 407 g/mol. The Bertz CT molecular complexity index is 1210. The van der Waals surface area contributed by atoms with Gasteiger partial charge in [-0.25, -0.2) is 13.2 Å². The Morgan fingerprint density at radius 3 is 2.28 bits per heavy atom. The zero-order valence-corrected chi connectivity index (χ0v) is 16.6. The van der Waals surface area contributed by atoms with Gasteiger partial charge in [0.25, 0.3) is 0 Å². The molecular weight excluding hydrogens is 390 g/mol. The van der Waals surface area contributed by atoms with Crippen molar-refractivity contribution in [2.45, 2.75) is 11.8 Å². The molecule has 1 heterocycles. The van der Waals surface area contributed by atoms with Gasteiger partial charge in [0.2, 0.25) is 9.84 Å². The van der Waals surface area contributed by atoms with Gasteiger partial charge in [0.15, 0.2) is 4.91 Å². The molecule has 0 bridgehead atoms. The summed E-state index contributed by atoms with van der Waals surface area (Å²) < 4.78 is 35.7. The molecule has 0 spiro atoms. The average Bonchev–Trinajstić information content (AvgIpc) is 3.20. The van der Waals surface area contributed by atoms with Gasteiger partial charge in [-0.3, -0.25) is 0 Å². The zero-order chi connectivity index (χ0) is 21.0. The number of benzene rings is 2. The lowest BCUT2D eigenvalue weighted by Gasteiger charge is -2.03. The summed E-state index contributed by atoms with van der Waals surface area (Å²) in [7, 11) is -2.65. The van der Waals surface area contributed by atoms with Crippen molar-refractivity contribution in [3.05, 3.63) is 82.5 Å². The van der Waals surface area contributed by atoms with Crippen LogP contribution in [0.3, 0.4) is 0 Å². The van der Waals surface area contributed by atoms with Crippen LogP contribution in [0.25, 0.3) is 17.4 Å². The molecule has 7 heteroatoms. The Kier molecular flexibility index (Phi) is 5.66. The Morgan fingerprint density at radius 2 is 1.69 bits per heavy atom. The molecule has 3 rings (SSSR count). The van der Waals surface area contributed by atoms with Crippen LogP contribution in [0.5, 0.6) is 0 Å². The molecule has 0 aliphatic carbocycles. The van der Waals surface area contributed by atoms with E-state index in [1.807, 2.05) is 6.92 Å². The lowest BCUT2D eigenvalue weighted by Crippen LogP contribution is -2.03. The molecule has 2 aromatic carbocycles. The number of nitrogens with zero attached hydrogens (tertiary/aromatic N) is 1. The third kappa shape index (κ3) is 4.28. The first-order valence-corrected chi connectivity index (χ1v) is 10.1. The van der Waals surface area contributed by atoms with Crippen LogP contribution in [0.4, 0.5) is 0 Å². The van der Waals surface area contributed by atoms with Crippen LogP contribution in [-0.2, 0) is 14.6 Å². The summed E-state index contributed by atoms with van der Waals surface area (Å²) >= 11 is 0. The van der Waals surface area contributed by atoms with E-state index < -0.39 is 20.7 Å². The molecule has 0 saturated heterocycles. The number of furan rings is 1. The number of esters is 1. The topological polar surface area (TPSA) is 97.4 Å². The van der Waals surface area contributed by atoms with Crippen LogP contribution in [0.15, 0.2) is 74.9 Å². The number of hydrogen-bond acceptors (Lipinski definition) is 6. The number of allylic oxidation sites excluding steroid dienone is 1. The molecule has 0 saturated carbocycles. The Hall–Kier alpha value is -3.63. The molecule has 0 radical (unpaired) electrons. The van der Waals surface area contributed by atoms with Gasteiger partial charge in [-0.05, 0) is 43.3 Å². The fourth-order valence-corrected chi connectivity index (χ4v) is 3.76. The number of nitriles is 1. The zero-order valence-electron chi connectivity index (χ0n) is 15.7. The van der Waals surface area contributed by atoms with E-state index in [9.17, 15) is 18.5 Å². The third-order valence-corrected chi connectivity index (χ3v) is 5.90. The third-order valence-electron chi connectivity index (χ3n) is 4.22. The van der Waals surface area contributed by atoms with Crippen LogP contribution in [0.1, 0.15) is 21.7 Å². The number of sulfone groups is 1. The van der Waals surface area contributed by atoms with E-state index in [4.69, 9.17) is 4.42 Å². The van der Waals surface area contributed by atoms with Crippen molar-refractivity contribution in [3.63, 3.8) is 0 Å². The van der Waals surface area contributed by atoms with Crippen molar-refractivity contribution in [3.8, 4) is 17.4 Å². The predicted octanol–water partition coefficient (Wildman–Crippen LogP) is 4.38. The van der Waals surface area contributed by atoms with Crippen molar-refractivity contribution in [1.29, 1.82) is 5.26 Å². The Morgan fingerprint density at radius 1 is 1.03 bits per heavy atom. The monoisotopic (exact) mass is 407 g/mol. The fraction of sp³-hybridized carbons (Fsp3) is 0.0909.